The molecule has 2 aromatic rings. The van der Waals surface area contributed by atoms with E-state index in [1.54, 1.807) is 12.4 Å². The fourth-order valence-electron chi connectivity index (χ4n) is 2.26. The highest BCUT2D eigenvalue weighted by atomic mass is 16.5. The normalized spacial score (nSPS) is 17.8. The van der Waals surface area contributed by atoms with E-state index in [1.165, 1.54) is 4.80 Å². The Morgan fingerprint density at radius 3 is 2.90 bits per heavy atom. The van der Waals surface area contributed by atoms with Crippen molar-refractivity contribution in [3.05, 3.63) is 24.5 Å². The zero-order valence-corrected chi connectivity index (χ0v) is 11.7. The molecule has 1 saturated heterocycles. The monoisotopic (exact) mass is 290 g/mol. The first kappa shape index (κ1) is 14.1. The fourth-order valence-corrected chi connectivity index (χ4v) is 2.26. The highest BCUT2D eigenvalue weighted by Gasteiger charge is 2.16. The minimum atomic E-state index is -0.529. The lowest BCUT2D eigenvalue weighted by atomic mass is 10.3. The second kappa shape index (κ2) is 6.70. The zero-order chi connectivity index (χ0) is 14.5. The first-order valence-corrected chi connectivity index (χ1v) is 6.97. The van der Waals surface area contributed by atoms with E-state index in [4.69, 9.17) is 4.74 Å². The van der Waals surface area contributed by atoms with Gasteiger partial charge in [0, 0.05) is 37.6 Å². The molecule has 1 fully saturated rings. The van der Waals surface area contributed by atoms with E-state index in [0.29, 0.717) is 18.9 Å². The highest BCUT2D eigenvalue weighted by molar-refractivity contribution is 5.51. The molecule has 0 saturated carbocycles. The first-order valence-electron chi connectivity index (χ1n) is 6.97. The molecule has 1 N–H and O–H groups in total. The maximum absolute atomic E-state index is 10.1. The lowest BCUT2D eigenvalue weighted by Gasteiger charge is -2.28. The summed E-state index contributed by atoms with van der Waals surface area (Å²) in [5, 5.41) is 22.3. The van der Waals surface area contributed by atoms with Gasteiger partial charge in [-0.15, -0.1) is 10.2 Å². The Morgan fingerprint density at radius 2 is 2.14 bits per heavy atom. The number of hydrogen-bond acceptors (Lipinski definition) is 7. The molecule has 0 bridgehead atoms. The highest BCUT2D eigenvalue weighted by Crippen LogP contribution is 2.10. The van der Waals surface area contributed by atoms with Crippen LogP contribution in [0.25, 0.3) is 11.4 Å². The molecule has 112 valence electrons. The number of β-amino-alcohol motifs (C(OH)–C–C–N with tert-alkyl or cyclic N) is 1. The predicted octanol–water partition coefficient (Wildman–Crippen LogP) is -0.572. The molecular weight excluding hydrogens is 272 g/mol. The number of ether oxygens (including phenoxy) is 1. The van der Waals surface area contributed by atoms with Crippen molar-refractivity contribution in [2.45, 2.75) is 12.6 Å². The Bertz CT molecular complexity index is 555. The fraction of sp³-hybridized carbons (Fsp3) is 0.538. The van der Waals surface area contributed by atoms with E-state index >= 15 is 0 Å². The summed E-state index contributed by atoms with van der Waals surface area (Å²) in [6.07, 6.45) is 2.85. The van der Waals surface area contributed by atoms with E-state index in [2.05, 4.69) is 25.3 Å². The molecule has 1 atom stereocenters. The van der Waals surface area contributed by atoms with Crippen LogP contribution in [0.1, 0.15) is 0 Å². The van der Waals surface area contributed by atoms with Gasteiger partial charge in [0.25, 0.3) is 0 Å². The summed E-state index contributed by atoms with van der Waals surface area (Å²) in [5.41, 5.74) is 0.811. The molecule has 0 aliphatic carbocycles. The SMILES string of the molecule is OC(CN1CCOCC1)Cn1nnc(-c2cccnc2)n1. The van der Waals surface area contributed by atoms with Crippen molar-refractivity contribution < 1.29 is 9.84 Å². The number of nitrogens with zero attached hydrogens (tertiary/aromatic N) is 6. The first-order chi connectivity index (χ1) is 10.3. The zero-order valence-electron chi connectivity index (χ0n) is 11.7. The average Bonchev–Trinajstić information content (AvgIpc) is 2.97. The second-order valence-corrected chi connectivity index (χ2v) is 4.98. The van der Waals surface area contributed by atoms with Gasteiger partial charge in [0.15, 0.2) is 0 Å². The van der Waals surface area contributed by atoms with Crippen LogP contribution in [0.4, 0.5) is 0 Å². The molecule has 2 aromatic heterocycles. The molecule has 1 aliphatic heterocycles. The van der Waals surface area contributed by atoms with Crippen molar-refractivity contribution >= 4 is 0 Å². The number of aromatic nitrogens is 5. The minimum Gasteiger partial charge on any atom is -0.390 e. The minimum absolute atomic E-state index is 0.324. The summed E-state index contributed by atoms with van der Waals surface area (Å²) in [6.45, 7) is 4.06. The van der Waals surface area contributed by atoms with Gasteiger partial charge in [-0.3, -0.25) is 9.88 Å². The van der Waals surface area contributed by atoms with Crippen LogP contribution in [0.5, 0.6) is 0 Å². The lowest BCUT2D eigenvalue weighted by molar-refractivity contribution is 0.00988. The predicted molar refractivity (Wildman–Crippen MR) is 74.3 cm³/mol. The quantitative estimate of drug-likeness (QED) is 0.788. The van der Waals surface area contributed by atoms with Crippen molar-refractivity contribution in [3.63, 3.8) is 0 Å². The Labute approximate surface area is 122 Å². The molecule has 0 aromatic carbocycles. The summed E-state index contributed by atoms with van der Waals surface area (Å²) < 4.78 is 5.28. The molecule has 21 heavy (non-hydrogen) atoms. The van der Waals surface area contributed by atoms with Crippen molar-refractivity contribution in [2.24, 2.45) is 0 Å². The van der Waals surface area contributed by atoms with Crippen LogP contribution < -0.4 is 0 Å². The third kappa shape index (κ3) is 3.81. The lowest BCUT2D eigenvalue weighted by Crippen LogP contribution is -2.42. The standard InChI is InChI=1S/C13H18N6O2/c20-12(9-18-4-6-21-7-5-18)10-19-16-13(15-17-19)11-2-1-3-14-8-11/h1-3,8,12,20H,4-7,9-10H2. The van der Waals surface area contributed by atoms with Crippen LogP contribution in [0.15, 0.2) is 24.5 Å². The van der Waals surface area contributed by atoms with E-state index in [0.717, 1.165) is 31.9 Å². The maximum atomic E-state index is 10.1. The number of hydrogen-bond donors (Lipinski definition) is 1. The van der Waals surface area contributed by atoms with Gasteiger partial charge in [0.05, 0.1) is 25.9 Å². The van der Waals surface area contributed by atoms with Gasteiger partial charge < -0.3 is 9.84 Å². The van der Waals surface area contributed by atoms with Crippen molar-refractivity contribution in [2.75, 3.05) is 32.8 Å². The smallest absolute Gasteiger partial charge is 0.206 e. The second-order valence-electron chi connectivity index (χ2n) is 4.98. The number of tetrazole rings is 1. The van der Waals surface area contributed by atoms with Crippen LogP contribution >= 0.6 is 0 Å². The van der Waals surface area contributed by atoms with Gasteiger partial charge in [0.2, 0.25) is 5.82 Å². The number of morpholine rings is 1. The van der Waals surface area contributed by atoms with Crippen LogP contribution in [0.2, 0.25) is 0 Å². The van der Waals surface area contributed by atoms with Crippen molar-refractivity contribution in [1.29, 1.82) is 0 Å². The van der Waals surface area contributed by atoms with Gasteiger partial charge in [-0.05, 0) is 17.3 Å². The van der Waals surface area contributed by atoms with Gasteiger partial charge in [-0.1, -0.05) is 0 Å². The topological polar surface area (TPSA) is 89.2 Å². The van der Waals surface area contributed by atoms with Crippen LogP contribution in [-0.4, -0.2) is 74.1 Å². The summed E-state index contributed by atoms with van der Waals surface area (Å²) in [7, 11) is 0. The molecule has 0 radical (unpaired) electrons. The van der Waals surface area contributed by atoms with Crippen LogP contribution in [-0.2, 0) is 11.3 Å². The van der Waals surface area contributed by atoms with Gasteiger partial charge in [0.1, 0.15) is 0 Å². The Hall–Kier alpha value is -1.90. The number of rotatable bonds is 5. The Balaban J connectivity index is 1.56. The van der Waals surface area contributed by atoms with E-state index in [1.807, 2.05) is 12.1 Å². The molecule has 8 nitrogen and oxygen atoms in total. The molecule has 1 unspecified atom stereocenters. The summed E-state index contributed by atoms with van der Waals surface area (Å²) in [4.78, 5) is 7.62. The number of aliphatic hydroxyl groups is 1. The van der Waals surface area contributed by atoms with E-state index in [-0.39, 0.29) is 0 Å². The van der Waals surface area contributed by atoms with Gasteiger partial charge in [-0.2, -0.15) is 4.80 Å². The van der Waals surface area contributed by atoms with Crippen LogP contribution in [0, 0.1) is 0 Å². The number of aliphatic hydroxyl groups excluding tert-OH is 1. The molecule has 3 heterocycles. The molecule has 3 rings (SSSR count). The molecule has 8 heteroatoms. The summed E-state index contributed by atoms with van der Waals surface area (Å²) >= 11 is 0. The molecule has 0 spiro atoms. The van der Waals surface area contributed by atoms with Gasteiger partial charge >= 0.3 is 0 Å². The average molecular weight is 290 g/mol. The van der Waals surface area contributed by atoms with Crippen molar-refractivity contribution in [3.8, 4) is 11.4 Å². The van der Waals surface area contributed by atoms with Crippen molar-refractivity contribution in [1.82, 2.24) is 30.1 Å². The summed E-state index contributed by atoms with van der Waals surface area (Å²) in [6, 6.07) is 3.70. The van der Waals surface area contributed by atoms with E-state index in [9.17, 15) is 5.11 Å². The third-order valence-electron chi connectivity index (χ3n) is 3.32. The molecular formula is C13H18N6O2. The number of pyridine rings is 1. The Morgan fingerprint density at radius 1 is 1.29 bits per heavy atom. The summed E-state index contributed by atoms with van der Waals surface area (Å²) in [5.74, 6) is 0.515. The van der Waals surface area contributed by atoms with Gasteiger partial charge in [-0.25, -0.2) is 0 Å². The van der Waals surface area contributed by atoms with E-state index < -0.39 is 6.10 Å². The largest absolute Gasteiger partial charge is 0.390 e. The third-order valence-corrected chi connectivity index (χ3v) is 3.32. The maximum Gasteiger partial charge on any atom is 0.206 e. The Kier molecular flexibility index (Phi) is 4.49. The molecule has 1 aliphatic rings. The molecule has 0 amide bonds. The van der Waals surface area contributed by atoms with Crippen LogP contribution in [0.3, 0.4) is 0 Å².